The first kappa shape index (κ1) is 13.0. The van der Waals surface area contributed by atoms with Gasteiger partial charge in [-0.2, -0.15) is 5.26 Å². The zero-order chi connectivity index (χ0) is 13.1. The van der Waals surface area contributed by atoms with Gasteiger partial charge in [-0.25, -0.2) is 4.98 Å². The largest absolute Gasteiger partial charge is 0.326 e. The summed E-state index contributed by atoms with van der Waals surface area (Å²) >= 11 is 7.55. The first-order chi connectivity index (χ1) is 8.61. The fourth-order valence-electron chi connectivity index (χ4n) is 1.62. The van der Waals surface area contributed by atoms with Crippen molar-refractivity contribution in [3.8, 4) is 6.07 Å². The number of aromatic nitrogens is 2. The SMILES string of the molecule is Cc1nc(CC#N)c(Sc2cccc(Cl)c2)n1C. The Morgan fingerprint density at radius 2 is 2.28 bits per heavy atom. The minimum Gasteiger partial charge on any atom is -0.326 e. The molecule has 1 aromatic heterocycles. The smallest absolute Gasteiger partial charge is 0.106 e. The fourth-order valence-corrected chi connectivity index (χ4v) is 2.93. The Kier molecular flexibility index (Phi) is 3.95. The van der Waals surface area contributed by atoms with Gasteiger partial charge in [0, 0.05) is 17.0 Å². The molecule has 2 aromatic rings. The maximum atomic E-state index is 8.82. The number of nitriles is 1. The van der Waals surface area contributed by atoms with Crippen LogP contribution in [0.3, 0.4) is 0 Å². The van der Waals surface area contributed by atoms with Crippen molar-refractivity contribution in [3.05, 3.63) is 40.8 Å². The predicted molar refractivity (Wildman–Crippen MR) is 72.8 cm³/mol. The van der Waals surface area contributed by atoms with E-state index < -0.39 is 0 Å². The number of halogens is 1. The van der Waals surface area contributed by atoms with Crippen molar-refractivity contribution in [1.29, 1.82) is 5.26 Å². The summed E-state index contributed by atoms with van der Waals surface area (Å²) in [6, 6.07) is 9.81. The third-order valence-electron chi connectivity index (χ3n) is 2.59. The van der Waals surface area contributed by atoms with Gasteiger partial charge in [-0.3, -0.25) is 0 Å². The Bertz CT molecular complexity index is 613. The van der Waals surface area contributed by atoms with E-state index in [0.717, 1.165) is 21.4 Å². The number of aryl methyl sites for hydroxylation is 1. The van der Waals surface area contributed by atoms with Gasteiger partial charge in [-0.15, -0.1) is 0 Å². The molecule has 3 nitrogen and oxygen atoms in total. The number of hydrogen-bond acceptors (Lipinski definition) is 3. The molecule has 0 atom stereocenters. The molecule has 92 valence electrons. The van der Waals surface area contributed by atoms with Crippen molar-refractivity contribution in [3.63, 3.8) is 0 Å². The van der Waals surface area contributed by atoms with Crippen LogP contribution in [0.4, 0.5) is 0 Å². The lowest BCUT2D eigenvalue weighted by Crippen LogP contribution is -1.93. The van der Waals surface area contributed by atoms with Crippen LogP contribution in [-0.2, 0) is 13.5 Å². The Morgan fingerprint density at radius 1 is 1.50 bits per heavy atom. The lowest BCUT2D eigenvalue weighted by Gasteiger charge is -2.05. The number of hydrogen-bond donors (Lipinski definition) is 0. The molecule has 0 saturated heterocycles. The van der Waals surface area contributed by atoms with Crippen molar-refractivity contribution in [2.45, 2.75) is 23.3 Å². The van der Waals surface area contributed by atoms with Crippen LogP contribution < -0.4 is 0 Å². The molecule has 0 bridgehead atoms. The van der Waals surface area contributed by atoms with Crippen molar-refractivity contribution < 1.29 is 0 Å². The maximum absolute atomic E-state index is 8.82. The lowest BCUT2D eigenvalue weighted by molar-refractivity contribution is 0.780. The van der Waals surface area contributed by atoms with Crippen LogP contribution >= 0.6 is 23.4 Å². The van der Waals surface area contributed by atoms with Crippen LogP contribution in [0.5, 0.6) is 0 Å². The van der Waals surface area contributed by atoms with Gasteiger partial charge < -0.3 is 4.57 Å². The van der Waals surface area contributed by atoms with Crippen LogP contribution in [-0.4, -0.2) is 9.55 Å². The Balaban J connectivity index is 2.36. The van der Waals surface area contributed by atoms with Crippen molar-refractivity contribution in [2.24, 2.45) is 7.05 Å². The molecule has 0 N–H and O–H groups in total. The first-order valence-corrected chi connectivity index (χ1v) is 6.64. The van der Waals surface area contributed by atoms with E-state index in [0.29, 0.717) is 11.4 Å². The van der Waals surface area contributed by atoms with Gasteiger partial charge in [-0.05, 0) is 25.1 Å². The maximum Gasteiger partial charge on any atom is 0.106 e. The normalized spacial score (nSPS) is 10.3. The molecule has 0 radical (unpaired) electrons. The van der Waals surface area contributed by atoms with Gasteiger partial charge in [0.2, 0.25) is 0 Å². The van der Waals surface area contributed by atoms with Crippen LogP contribution in [0.1, 0.15) is 11.5 Å². The Hall–Kier alpha value is -1.44. The number of imidazole rings is 1. The molecule has 0 unspecified atom stereocenters. The van der Waals surface area contributed by atoms with Crippen molar-refractivity contribution in [2.75, 3.05) is 0 Å². The second kappa shape index (κ2) is 5.47. The van der Waals surface area contributed by atoms with Gasteiger partial charge >= 0.3 is 0 Å². The van der Waals surface area contributed by atoms with E-state index in [4.69, 9.17) is 16.9 Å². The third-order valence-corrected chi connectivity index (χ3v) is 4.02. The summed E-state index contributed by atoms with van der Waals surface area (Å²) in [5.41, 5.74) is 0.822. The molecule has 0 fully saturated rings. The summed E-state index contributed by atoms with van der Waals surface area (Å²) in [5, 5.41) is 10.5. The second-order valence-corrected chi connectivity index (χ2v) is 5.36. The summed E-state index contributed by atoms with van der Waals surface area (Å²) in [5.74, 6) is 0.907. The predicted octanol–water partition coefficient (Wildman–Crippen LogP) is 3.60. The highest BCUT2D eigenvalue weighted by molar-refractivity contribution is 7.99. The standard InChI is InChI=1S/C13H12ClN3S/c1-9-16-12(6-7-15)13(17(9)2)18-11-5-3-4-10(14)8-11/h3-5,8H,6H2,1-2H3. The molecule has 0 spiro atoms. The van der Waals surface area contributed by atoms with Crippen LogP contribution in [0.15, 0.2) is 34.2 Å². The van der Waals surface area contributed by atoms with E-state index in [2.05, 4.69) is 11.1 Å². The van der Waals surface area contributed by atoms with E-state index in [1.807, 2.05) is 42.8 Å². The Morgan fingerprint density at radius 3 is 2.94 bits per heavy atom. The molecule has 1 heterocycles. The molecule has 0 aliphatic heterocycles. The van der Waals surface area contributed by atoms with E-state index in [9.17, 15) is 0 Å². The van der Waals surface area contributed by atoms with Crippen molar-refractivity contribution >= 4 is 23.4 Å². The van der Waals surface area contributed by atoms with E-state index in [1.54, 1.807) is 11.8 Å². The highest BCUT2D eigenvalue weighted by atomic mass is 35.5. The Labute approximate surface area is 115 Å². The minimum atomic E-state index is 0.324. The second-order valence-electron chi connectivity index (χ2n) is 3.86. The quantitative estimate of drug-likeness (QED) is 0.861. The summed E-state index contributed by atoms with van der Waals surface area (Å²) in [4.78, 5) is 5.45. The van der Waals surface area contributed by atoms with E-state index in [-0.39, 0.29) is 0 Å². The summed E-state index contributed by atoms with van der Waals surface area (Å²) in [7, 11) is 1.95. The molecular formula is C13H12ClN3S. The summed E-state index contributed by atoms with van der Waals surface area (Å²) in [6.45, 7) is 1.93. The first-order valence-electron chi connectivity index (χ1n) is 5.44. The average Bonchev–Trinajstić information content (AvgIpc) is 2.58. The zero-order valence-corrected chi connectivity index (χ0v) is 11.7. The van der Waals surface area contributed by atoms with E-state index in [1.165, 1.54) is 0 Å². The van der Waals surface area contributed by atoms with Crippen LogP contribution in [0.2, 0.25) is 5.02 Å². The molecule has 0 saturated carbocycles. The van der Waals surface area contributed by atoms with Crippen molar-refractivity contribution in [1.82, 2.24) is 9.55 Å². The monoisotopic (exact) mass is 277 g/mol. The molecule has 1 aromatic carbocycles. The van der Waals surface area contributed by atoms with Gasteiger partial charge in [0.25, 0.3) is 0 Å². The average molecular weight is 278 g/mol. The number of nitrogens with zero attached hydrogens (tertiary/aromatic N) is 3. The van der Waals surface area contributed by atoms with Gasteiger partial charge in [0.1, 0.15) is 10.9 Å². The third kappa shape index (κ3) is 2.69. The molecular weight excluding hydrogens is 266 g/mol. The lowest BCUT2D eigenvalue weighted by atomic mass is 10.4. The number of benzene rings is 1. The fraction of sp³-hybridized carbons (Fsp3) is 0.231. The highest BCUT2D eigenvalue weighted by Crippen LogP contribution is 2.32. The molecule has 5 heteroatoms. The van der Waals surface area contributed by atoms with Crippen LogP contribution in [0, 0.1) is 18.3 Å². The molecule has 0 aliphatic carbocycles. The topological polar surface area (TPSA) is 41.6 Å². The number of rotatable bonds is 3. The van der Waals surface area contributed by atoms with Gasteiger partial charge in [-0.1, -0.05) is 29.4 Å². The van der Waals surface area contributed by atoms with Gasteiger partial charge in [0.15, 0.2) is 0 Å². The minimum absolute atomic E-state index is 0.324. The molecule has 18 heavy (non-hydrogen) atoms. The molecule has 0 aliphatic rings. The zero-order valence-electron chi connectivity index (χ0n) is 10.1. The van der Waals surface area contributed by atoms with E-state index >= 15 is 0 Å². The van der Waals surface area contributed by atoms with Crippen LogP contribution in [0.25, 0.3) is 0 Å². The molecule has 0 amide bonds. The highest BCUT2D eigenvalue weighted by Gasteiger charge is 2.13. The molecule has 2 rings (SSSR count). The van der Waals surface area contributed by atoms with Gasteiger partial charge in [0.05, 0.1) is 18.2 Å². The summed E-state index contributed by atoms with van der Waals surface area (Å²) in [6.07, 6.45) is 0.324. The summed E-state index contributed by atoms with van der Waals surface area (Å²) < 4.78 is 2.00.